The molecule has 0 bridgehead atoms. The summed E-state index contributed by atoms with van der Waals surface area (Å²) >= 11 is 0. The fourth-order valence-electron chi connectivity index (χ4n) is 3.78. The molecule has 150 valence electrons. The van der Waals surface area contributed by atoms with E-state index in [1.807, 2.05) is 23.1 Å². The minimum atomic E-state index is -0.294. The Morgan fingerprint density at radius 1 is 1.00 bits per heavy atom. The average Bonchev–Trinajstić information content (AvgIpc) is 2.79. The van der Waals surface area contributed by atoms with Gasteiger partial charge >= 0.3 is 0 Å². The Labute approximate surface area is 171 Å². The lowest BCUT2D eigenvalue weighted by Crippen LogP contribution is -2.32. The first-order chi connectivity index (χ1) is 14.7. The lowest BCUT2D eigenvalue weighted by molar-refractivity contribution is 0.289. The molecular formula is C24H18FNO4. The Hall–Kier alpha value is -3.80. The van der Waals surface area contributed by atoms with Gasteiger partial charge < -0.3 is 18.8 Å². The summed E-state index contributed by atoms with van der Waals surface area (Å²) in [5.41, 5.74) is 3.08. The monoisotopic (exact) mass is 403 g/mol. The van der Waals surface area contributed by atoms with E-state index in [2.05, 4.69) is 0 Å². The van der Waals surface area contributed by atoms with Crippen molar-refractivity contribution in [1.29, 1.82) is 0 Å². The first-order valence-corrected chi connectivity index (χ1v) is 9.50. The first-order valence-electron chi connectivity index (χ1n) is 9.50. The smallest absolute Gasteiger partial charge is 0.200 e. The molecule has 0 amide bonds. The van der Waals surface area contributed by atoms with Crippen molar-refractivity contribution in [2.24, 2.45) is 0 Å². The molecule has 0 spiro atoms. The third-order valence-electron chi connectivity index (χ3n) is 5.32. The zero-order valence-electron chi connectivity index (χ0n) is 16.2. The molecule has 5 rings (SSSR count). The Kier molecular flexibility index (Phi) is 4.39. The summed E-state index contributed by atoms with van der Waals surface area (Å²) < 4.78 is 30.5. The van der Waals surface area contributed by atoms with Gasteiger partial charge in [-0.05, 0) is 42.5 Å². The van der Waals surface area contributed by atoms with Gasteiger partial charge in [-0.15, -0.1) is 0 Å². The van der Waals surface area contributed by atoms with Gasteiger partial charge in [0.2, 0.25) is 5.43 Å². The predicted molar refractivity (Wildman–Crippen MR) is 113 cm³/mol. The summed E-state index contributed by atoms with van der Waals surface area (Å²) in [5.74, 6) is 0.986. The minimum absolute atomic E-state index is 0.137. The van der Waals surface area contributed by atoms with E-state index < -0.39 is 0 Å². The van der Waals surface area contributed by atoms with Crippen LogP contribution in [0.4, 0.5) is 10.1 Å². The maximum Gasteiger partial charge on any atom is 0.200 e. The van der Waals surface area contributed by atoms with Crippen LogP contribution in [-0.2, 0) is 6.54 Å². The van der Waals surface area contributed by atoms with Crippen LogP contribution in [-0.4, -0.2) is 13.8 Å². The standard InChI is InChI=1S/C24H18FNO4/c1-28-21-5-3-2-4-17(21)20-13-29-24-18(23(20)27)10-11-22-19(24)12-26(14-30-22)16-8-6-15(25)7-9-16/h2-11,13H,12,14H2,1H3. The van der Waals surface area contributed by atoms with Crippen molar-refractivity contribution in [2.75, 3.05) is 18.7 Å². The van der Waals surface area contributed by atoms with Gasteiger partial charge in [-0.3, -0.25) is 4.79 Å². The van der Waals surface area contributed by atoms with Crippen LogP contribution >= 0.6 is 0 Å². The van der Waals surface area contributed by atoms with E-state index in [9.17, 15) is 9.18 Å². The van der Waals surface area contributed by atoms with Crippen LogP contribution < -0.4 is 19.8 Å². The molecule has 1 aliphatic heterocycles. The van der Waals surface area contributed by atoms with Gasteiger partial charge in [0.15, 0.2) is 6.73 Å². The van der Waals surface area contributed by atoms with Crippen molar-refractivity contribution in [1.82, 2.24) is 0 Å². The fraction of sp³-hybridized carbons (Fsp3) is 0.125. The van der Waals surface area contributed by atoms with E-state index in [0.717, 1.165) is 11.3 Å². The summed E-state index contributed by atoms with van der Waals surface area (Å²) in [7, 11) is 1.57. The fourth-order valence-corrected chi connectivity index (χ4v) is 3.78. The number of fused-ring (bicyclic) bond motifs is 3. The van der Waals surface area contributed by atoms with Crippen molar-refractivity contribution in [3.8, 4) is 22.6 Å². The van der Waals surface area contributed by atoms with E-state index in [4.69, 9.17) is 13.9 Å². The lowest BCUT2D eigenvalue weighted by atomic mass is 10.0. The molecule has 5 nitrogen and oxygen atoms in total. The van der Waals surface area contributed by atoms with Gasteiger partial charge in [0.1, 0.15) is 29.2 Å². The summed E-state index contributed by atoms with van der Waals surface area (Å²) in [6.07, 6.45) is 1.47. The summed E-state index contributed by atoms with van der Waals surface area (Å²) in [4.78, 5) is 15.2. The van der Waals surface area contributed by atoms with Gasteiger partial charge in [-0.1, -0.05) is 18.2 Å². The highest BCUT2D eigenvalue weighted by Gasteiger charge is 2.23. The molecule has 0 unspecified atom stereocenters. The second-order valence-electron chi connectivity index (χ2n) is 7.05. The first kappa shape index (κ1) is 18.2. The number of nitrogens with zero attached hydrogens (tertiary/aromatic N) is 1. The Balaban J connectivity index is 1.61. The Morgan fingerprint density at radius 3 is 2.60 bits per heavy atom. The maximum atomic E-state index is 13.3. The molecule has 0 atom stereocenters. The van der Waals surface area contributed by atoms with Crippen molar-refractivity contribution >= 4 is 16.7 Å². The molecule has 4 aromatic rings. The van der Waals surface area contributed by atoms with Gasteiger partial charge in [-0.2, -0.15) is 0 Å². The van der Waals surface area contributed by atoms with Crippen LogP contribution in [0.5, 0.6) is 11.5 Å². The molecule has 0 fully saturated rings. The summed E-state index contributed by atoms with van der Waals surface area (Å²) in [6, 6.07) is 17.1. The number of methoxy groups -OCH3 is 1. The van der Waals surface area contributed by atoms with Crippen molar-refractivity contribution in [3.05, 3.63) is 88.5 Å². The molecule has 0 saturated carbocycles. The third-order valence-corrected chi connectivity index (χ3v) is 5.32. The van der Waals surface area contributed by atoms with E-state index in [-0.39, 0.29) is 11.2 Å². The number of hydrogen-bond donors (Lipinski definition) is 0. The van der Waals surface area contributed by atoms with E-state index >= 15 is 0 Å². The van der Waals surface area contributed by atoms with Crippen LogP contribution in [0, 0.1) is 5.82 Å². The molecular weight excluding hydrogens is 385 g/mol. The van der Waals surface area contributed by atoms with E-state index in [1.165, 1.54) is 18.4 Å². The van der Waals surface area contributed by atoms with Crippen LogP contribution in [0.1, 0.15) is 5.56 Å². The molecule has 0 saturated heterocycles. The topological polar surface area (TPSA) is 51.9 Å². The number of benzene rings is 3. The number of rotatable bonds is 3. The van der Waals surface area contributed by atoms with Crippen LogP contribution in [0.15, 0.2) is 76.1 Å². The van der Waals surface area contributed by atoms with E-state index in [0.29, 0.717) is 46.9 Å². The predicted octanol–water partition coefficient (Wildman–Crippen LogP) is 4.96. The number of ether oxygens (including phenoxy) is 2. The molecule has 0 N–H and O–H groups in total. The molecule has 3 aromatic carbocycles. The molecule has 2 heterocycles. The van der Waals surface area contributed by atoms with Crippen LogP contribution in [0.3, 0.4) is 0 Å². The molecule has 30 heavy (non-hydrogen) atoms. The normalized spacial score (nSPS) is 13.1. The second kappa shape index (κ2) is 7.22. The summed E-state index contributed by atoms with van der Waals surface area (Å²) in [5, 5.41) is 0.474. The highest BCUT2D eigenvalue weighted by Crippen LogP contribution is 2.35. The molecule has 1 aliphatic rings. The molecule has 1 aromatic heterocycles. The van der Waals surface area contributed by atoms with Crippen LogP contribution in [0.2, 0.25) is 0 Å². The number of para-hydroxylation sites is 1. The van der Waals surface area contributed by atoms with Gasteiger partial charge in [0, 0.05) is 11.3 Å². The summed E-state index contributed by atoms with van der Waals surface area (Å²) in [6.45, 7) is 0.808. The maximum absolute atomic E-state index is 13.3. The van der Waals surface area contributed by atoms with E-state index in [1.54, 1.807) is 37.4 Å². The van der Waals surface area contributed by atoms with Gasteiger partial charge in [-0.25, -0.2) is 4.39 Å². The van der Waals surface area contributed by atoms with Gasteiger partial charge in [0.05, 0.1) is 30.2 Å². The SMILES string of the molecule is COc1ccccc1-c1coc2c3c(ccc2c1=O)OCN(c1ccc(F)cc1)C3. The molecule has 0 radical (unpaired) electrons. The molecule has 0 aliphatic carbocycles. The van der Waals surface area contributed by atoms with Crippen molar-refractivity contribution in [2.45, 2.75) is 6.54 Å². The zero-order valence-corrected chi connectivity index (χ0v) is 16.2. The van der Waals surface area contributed by atoms with Crippen molar-refractivity contribution < 1.29 is 18.3 Å². The largest absolute Gasteiger partial charge is 0.496 e. The number of anilines is 1. The Bertz CT molecular complexity index is 1300. The molecule has 6 heteroatoms. The van der Waals surface area contributed by atoms with Gasteiger partial charge in [0.25, 0.3) is 0 Å². The minimum Gasteiger partial charge on any atom is -0.496 e. The highest BCUT2D eigenvalue weighted by molar-refractivity contribution is 5.87. The average molecular weight is 403 g/mol. The second-order valence-corrected chi connectivity index (χ2v) is 7.05. The number of halogens is 1. The number of hydrogen-bond acceptors (Lipinski definition) is 5. The zero-order chi connectivity index (χ0) is 20.7. The van der Waals surface area contributed by atoms with Crippen molar-refractivity contribution in [3.63, 3.8) is 0 Å². The van der Waals surface area contributed by atoms with Crippen LogP contribution in [0.25, 0.3) is 22.1 Å². The third kappa shape index (κ3) is 2.97. The highest BCUT2D eigenvalue weighted by atomic mass is 19.1. The quantitative estimate of drug-likeness (QED) is 0.484. The lowest BCUT2D eigenvalue weighted by Gasteiger charge is -2.31. The Morgan fingerprint density at radius 2 is 1.80 bits per heavy atom.